The highest BCUT2D eigenvalue weighted by Crippen LogP contribution is 2.39. The number of halogens is 1. The first-order valence-corrected chi connectivity index (χ1v) is 11.8. The highest BCUT2D eigenvalue weighted by molar-refractivity contribution is 7.16. The molecule has 0 radical (unpaired) electrons. The van der Waals surface area contributed by atoms with Gasteiger partial charge in [0, 0.05) is 16.0 Å². The molecule has 162 valence electrons. The molecule has 1 atom stereocenters. The summed E-state index contributed by atoms with van der Waals surface area (Å²) in [6.45, 7) is 8.61. The fourth-order valence-corrected chi connectivity index (χ4v) is 5.66. The number of rotatable bonds is 5. The number of carbonyl (C=O) groups is 1. The molecule has 0 bridgehead atoms. The van der Waals surface area contributed by atoms with Gasteiger partial charge < -0.3 is 10.2 Å². The Hall–Kier alpha value is -2.50. The number of amides is 1. The van der Waals surface area contributed by atoms with Crippen LogP contribution in [0.1, 0.15) is 57.7 Å². The smallest absolute Gasteiger partial charge is 0.256 e. The number of aryl methyl sites for hydroxylation is 1. The van der Waals surface area contributed by atoms with Gasteiger partial charge in [-0.25, -0.2) is 4.39 Å². The van der Waals surface area contributed by atoms with Crippen LogP contribution >= 0.6 is 11.3 Å². The molecular formula is C26H30FN2OS+. The molecule has 31 heavy (non-hydrogen) atoms. The number of benzene rings is 2. The zero-order valence-corrected chi connectivity index (χ0v) is 19.2. The molecule has 0 spiro atoms. The summed E-state index contributed by atoms with van der Waals surface area (Å²) in [5.74, 6) is 0.398. The number of thiophene rings is 1. The molecule has 1 amide bonds. The van der Waals surface area contributed by atoms with Gasteiger partial charge in [-0.3, -0.25) is 4.79 Å². The normalized spacial score (nSPS) is 19.7. The number of nitrogens with one attached hydrogen (secondary N) is 2. The standard InChI is InChI=1S/C26H29FN2OS/c1-17-12-14-29(15-13-17)24(21-10-7-11-22(27)16-21)23-18(2)19(3)31-26(23)28-25(30)20-8-5-4-6-9-20/h4-11,16-17,24H,12-15H2,1-3H3,(H,28,30)/p+1/t24-/m1/s1. The minimum atomic E-state index is -0.216. The summed E-state index contributed by atoms with van der Waals surface area (Å²) in [4.78, 5) is 15.6. The Labute approximate surface area is 187 Å². The maximum atomic E-state index is 14.2. The first-order chi connectivity index (χ1) is 14.9. The van der Waals surface area contributed by atoms with Crippen molar-refractivity contribution < 1.29 is 14.1 Å². The van der Waals surface area contributed by atoms with E-state index in [0.29, 0.717) is 5.56 Å². The first-order valence-electron chi connectivity index (χ1n) is 11.0. The van der Waals surface area contributed by atoms with Gasteiger partial charge in [0.25, 0.3) is 5.91 Å². The van der Waals surface area contributed by atoms with Crippen molar-refractivity contribution in [2.75, 3.05) is 18.4 Å². The second-order valence-corrected chi connectivity index (χ2v) is 9.90. The predicted molar refractivity (Wildman–Crippen MR) is 126 cm³/mol. The maximum Gasteiger partial charge on any atom is 0.256 e. The van der Waals surface area contributed by atoms with E-state index in [1.54, 1.807) is 23.5 Å². The van der Waals surface area contributed by atoms with Gasteiger partial charge in [-0.15, -0.1) is 11.3 Å². The average Bonchev–Trinajstić information content (AvgIpc) is 3.04. The van der Waals surface area contributed by atoms with Crippen molar-refractivity contribution in [2.45, 2.75) is 39.7 Å². The van der Waals surface area contributed by atoms with Gasteiger partial charge in [-0.2, -0.15) is 0 Å². The summed E-state index contributed by atoms with van der Waals surface area (Å²) < 4.78 is 14.2. The Kier molecular flexibility index (Phi) is 6.54. The molecule has 4 rings (SSSR count). The monoisotopic (exact) mass is 437 g/mol. The van der Waals surface area contributed by atoms with E-state index in [1.165, 1.54) is 21.4 Å². The molecule has 1 aliphatic heterocycles. The van der Waals surface area contributed by atoms with Gasteiger partial charge in [0.2, 0.25) is 0 Å². The van der Waals surface area contributed by atoms with E-state index < -0.39 is 0 Å². The summed E-state index contributed by atoms with van der Waals surface area (Å²) in [5, 5.41) is 4.05. The van der Waals surface area contributed by atoms with E-state index >= 15 is 0 Å². The van der Waals surface area contributed by atoms with Crippen molar-refractivity contribution >= 4 is 22.2 Å². The molecule has 0 saturated carbocycles. The van der Waals surface area contributed by atoms with Gasteiger partial charge in [0.05, 0.1) is 18.7 Å². The largest absolute Gasteiger partial charge is 0.325 e. The van der Waals surface area contributed by atoms with E-state index in [-0.39, 0.29) is 17.8 Å². The zero-order valence-electron chi connectivity index (χ0n) is 18.4. The van der Waals surface area contributed by atoms with Crippen molar-refractivity contribution in [1.29, 1.82) is 0 Å². The quantitative estimate of drug-likeness (QED) is 0.568. The van der Waals surface area contributed by atoms with Gasteiger partial charge in [-0.1, -0.05) is 37.3 Å². The van der Waals surface area contributed by atoms with Crippen LogP contribution in [-0.2, 0) is 0 Å². The third kappa shape index (κ3) is 4.73. The van der Waals surface area contributed by atoms with E-state index in [0.717, 1.165) is 48.0 Å². The topological polar surface area (TPSA) is 33.5 Å². The Balaban J connectivity index is 1.76. The second-order valence-electron chi connectivity index (χ2n) is 8.67. The molecule has 1 saturated heterocycles. The Morgan fingerprint density at radius 3 is 2.48 bits per heavy atom. The van der Waals surface area contributed by atoms with Crippen LogP contribution < -0.4 is 10.2 Å². The molecule has 1 aliphatic rings. The van der Waals surface area contributed by atoms with E-state index in [2.05, 4.69) is 26.1 Å². The number of hydrogen-bond acceptors (Lipinski definition) is 2. The number of likely N-dealkylation sites (tertiary alicyclic amines) is 1. The Morgan fingerprint density at radius 2 is 1.81 bits per heavy atom. The van der Waals surface area contributed by atoms with Crippen molar-refractivity contribution in [2.24, 2.45) is 5.92 Å². The molecule has 0 unspecified atom stereocenters. The van der Waals surface area contributed by atoms with Crippen LogP contribution in [0.15, 0.2) is 54.6 Å². The van der Waals surface area contributed by atoms with Crippen LogP contribution in [0, 0.1) is 25.6 Å². The highest BCUT2D eigenvalue weighted by Gasteiger charge is 2.34. The number of anilines is 1. The number of quaternary nitrogens is 1. The van der Waals surface area contributed by atoms with Crippen LogP contribution in [0.5, 0.6) is 0 Å². The third-order valence-corrected chi connectivity index (χ3v) is 7.63. The van der Waals surface area contributed by atoms with Crippen molar-refractivity contribution in [3.05, 3.63) is 87.5 Å². The lowest BCUT2D eigenvalue weighted by atomic mass is 9.91. The molecular weight excluding hydrogens is 407 g/mol. The lowest BCUT2D eigenvalue weighted by Crippen LogP contribution is -3.13. The first kappa shape index (κ1) is 21.7. The molecule has 0 aliphatic carbocycles. The summed E-state index contributed by atoms with van der Waals surface area (Å²) in [5.41, 5.74) is 3.93. The molecule has 2 heterocycles. The molecule has 3 nitrogen and oxygen atoms in total. The van der Waals surface area contributed by atoms with E-state index in [4.69, 9.17) is 0 Å². The predicted octanol–water partition coefficient (Wildman–Crippen LogP) is 5.16. The lowest BCUT2D eigenvalue weighted by molar-refractivity contribution is -0.931. The molecule has 2 aromatic carbocycles. The molecule has 1 fully saturated rings. The van der Waals surface area contributed by atoms with E-state index in [1.807, 2.05) is 36.4 Å². The summed E-state index contributed by atoms with van der Waals surface area (Å²) in [7, 11) is 0. The van der Waals surface area contributed by atoms with Crippen molar-refractivity contribution in [3.63, 3.8) is 0 Å². The lowest BCUT2D eigenvalue weighted by Gasteiger charge is -2.34. The van der Waals surface area contributed by atoms with Gasteiger partial charge in [0.1, 0.15) is 16.9 Å². The molecule has 5 heteroatoms. The van der Waals surface area contributed by atoms with Crippen LogP contribution in [-0.4, -0.2) is 19.0 Å². The molecule has 3 aromatic rings. The van der Waals surface area contributed by atoms with Gasteiger partial charge in [0.15, 0.2) is 0 Å². The van der Waals surface area contributed by atoms with Gasteiger partial charge >= 0.3 is 0 Å². The summed E-state index contributed by atoms with van der Waals surface area (Å²) >= 11 is 1.62. The second kappa shape index (κ2) is 9.33. The minimum Gasteiger partial charge on any atom is -0.325 e. The average molecular weight is 438 g/mol. The fourth-order valence-electron chi connectivity index (χ4n) is 4.56. The summed E-state index contributed by atoms with van der Waals surface area (Å²) in [6.07, 6.45) is 2.32. The maximum absolute atomic E-state index is 14.2. The van der Waals surface area contributed by atoms with Crippen molar-refractivity contribution in [1.82, 2.24) is 0 Å². The van der Waals surface area contributed by atoms with Gasteiger partial charge in [-0.05, 0) is 62.4 Å². The fraction of sp³-hybridized carbons (Fsp3) is 0.346. The van der Waals surface area contributed by atoms with Crippen LogP contribution in [0.2, 0.25) is 0 Å². The molecule has 1 aromatic heterocycles. The number of piperidine rings is 1. The van der Waals surface area contributed by atoms with Crippen LogP contribution in [0.4, 0.5) is 9.39 Å². The van der Waals surface area contributed by atoms with Crippen LogP contribution in [0.25, 0.3) is 0 Å². The van der Waals surface area contributed by atoms with Crippen LogP contribution in [0.3, 0.4) is 0 Å². The highest BCUT2D eigenvalue weighted by atomic mass is 32.1. The number of hydrogen-bond donors (Lipinski definition) is 2. The molecule has 2 N–H and O–H groups in total. The van der Waals surface area contributed by atoms with E-state index in [9.17, 15) is 9.18 Å². The Bertz CT molecular complexity index is 1050. The minimum absolute atomic E-state index is 0.000719. The number of carbonyl (C=O) groups excluding carboxylic acids is 1. The van der Waals surface area contributed by atoms with Crippen molar-refractivity contribution in [3.8, 4) is 0 Å². The third-order valence-electron chi connectivity index (χ3n) is 6.49. The SMILES string of the molecule is Cc1sc(NC(=O)c2ccccc2)c([C@@H](c2cccc(F)c2)[NH+]2CCC(C)CC2)c1C. The zero-order chi connectivity index (χ0) is 22.0. The Morgan fingerprint density at radius 1 is 1.10 bits per heavy atom. The summed E-state index contributed by atoms with van der Waals surface area (Å²) in [6, 6.07) is 16.3.